The van der Waals surface area contributed by atoms with E-state index in [4.69, 9.17) is 23.7 Å². The number of hydrogen-bond donors (Lipinski definition) is 0. The first-order chi connectivity index (χ1) is 24.1. The minimum atomic E-state index is -1.54. The molecule has 3 rings (SSSR count). The predicted molar refractivity (Wildman–Crippen MR) is 196 cm³/mol. The van der Waals surface area contributed by atoms with Gasteiger partial charge in [-0.1, -0.05) is 29.5 Å². The number of esters is 4. The second kappa shape index (κ2) is 16.1. The molecule has 13 nitrogen and oxygen atoms in total. The second-order valence-corrected chi connectivity index (χ2v) is 18.3. The molecule has 1 aromatic heterocycles. The highest BCUT2D eigenvalue weighted by molar-refractivity contribution is 7.11. The van der Waals surface area contributed by atoms with Crippen LogP contribution in [-0.2, 0) is 42.9 Å². The van der Waals surface area contributed by atoms with E-state index in [-0.39, 0.29) is 21.0 Å². The lowest BCUT2D eigenvalue weighted by atomic mass is 9.92. The van der Waals surface area contributed by atoms with Gasteiger partial charge in [-0.15, -0.1) is 0 Å². The van der Waals surface area contributed by atoms with Crippen molar-refractivity contribution in [2.24, 2.45) is 26.7 Å². The molecule has 0 unspecified atom stereocenters. The lowest BCUT2D eigenvalue weighted by Gasteiger charge is -2.46. The fourth-order valence-corrected chi connectivity index (χ4v) is 5.86. The maximum atomic E-state index is 13.7. The van der Waals surface area contributed by atoms with Crippen molar-refractivity contribution in [3.8, 4) is 0 Å². The highest BCUT2D eigenvalue weighted by atomic mass is 32.1. The zero-order valence-electron chi connectivity index (χ0n) is 33.3. The van der Waals surface area contributed by atoms with E-state index < -0.39 is 88.7 Å². The third-order valence-electron chi connectivity index (χ3n) is 8.05. The van der Waals surface area contributed by atoms with Crippen LogP contribution in [0.2, 0.25) is 0 Å². The SMILES string of the molecule is CC(=O)c1sc(=NC(=O)c2ccccc2)n([C@@H]2O[C@H](COC(=O)C(C)(C)C)[C@@H](OC(=O)C(C)(C)C)[C@H](OC(=O)C(C)(C)C)[C@H]2OC(=O)C(C)(C)C)c1C. The fourth-order valence-electron chi connectivity index (χ4n) is 4.82. The third-order valence-corrected chi connectivity index (χ3v) is 9.31. The third kappa shape index (κ3) is 10.7. The number of Topliss-reactive ketones (excluding diaryl/α,β-unsaturated/α-hetero) is 1. The molecular weight excluding hydrogens is 704 g/mol. The Kier molecular flexibility index (Phi) is 13.1. The summed E-state index contributed by atoms with van der Waals surface area (Å²) in [6, 6.07) is 8.28. The van der Waals surface area contributed by atoms with Crippen LogP contribution < -0.4 is 4.80 Å². The van der Waals surface area contributed by atoms with E-state index in [2.05, 4.69) is 4.99 Å². The molecule has 5 atom stereocenters. The van der Waals surface area contributed by atoms with E-state index in [1.165, 1.54) is 11.5 Å². The van der Waals surface area contributed by atoms with Gasteiger partial charge in [0.15, 0.2) is 35.1 Å². The Bertz CT molecular complexity index is 1780. The van der Waals surface area contributed by atoms with Crippen LogP contribution in [0, 0.1) is 28.6 Å². The summed E-state index contributed by atoms with van der Waals surface area (Å²) in [6.45, 7) is 22.2. The number of benzene rings is 1. The molecule has 1 fully saturated rings. The highest BCUT2D eigenvalue weighted by Gasteiger charge is 2.55. The van der Waals surface area contributed by atoms with Crippen molar-refractivity contribution >= 4 is 46.9 Å². The van der Waals surface area contributed by atoms with Crippen molar-refractivity contribution in [1.82, 2.24) is 4.57 Å². The maximum absolute atomic E-state index is 13.7. The number of carbonyl (C=O) groups excluding carboxylic acids is 6. The summed E-state index contributed by atoms with van der Waals surface area (Å²) in [6.07, 6.45) is -7.31. The van der Waals surface area contributed by atoms with Gasteiger partial charge >= 0.3 is 23.9 Å². The summed E-state index contributed by atoms with van der Waals surface area (Å²) in [5.41, 5.74) is -3.54. The lowest BCUT2D eigenvalue weighted by Crippen LogP contribution is -2.62. The molecule has 292 valence electrons. The second-order valence-electron chi connectivity index (χ2n) is 17.3. The Hall–Kier alpha value is -4.17. The number of carbonyl (C=O) groups is 6. The number of thiazole rings is 1. The molecule has 0 N–H and O–H groups in total. The van der Waals surface area contributed by atoms with Crippen molar-refractivity contribution in [2.45, 2.75) is 128 Å². The first-order valence-corrected chi connectivity index (χ1v) is 18.3. The van der Waals surface area contributed by atoms with Gasteiger partial charge in [-0.2, -0.15) is 4.99 Å². The van der Waals surface area contributed by atoms with Crippen LogP contribution in [0.25, 0.3) is 0 Å². The molecule has 0 saturated carbocycles. The molecule has 0 aliphatic carbocycles. The van der Waals surface area contributed by atoms with E-state index in [0.717, 1.165) is 11.3 Å². The summed E-state index contributed by atoms with van der Waals surface area (Å²) in [5, 5.41) is 0. The minimum Gasteiger partial charge on any atom is -0.462 e. The molecule has 53 heavy (non-hydrogen) atoms. The van der Waals surface area contributed by atoms with Crippen molar-refractivity contribution < 1.29 is 52.5 Å². The van der Waals surface area contributed by atoms with Crippen LogP contribution in [0.4, 0.5) is 0 Å². The van der Waals surface area contributed by atoms with Crippen LogP contribution in [0.3, 0.4) is 0 Å². The Morgan fingerprint density at radius 2 is 1.15 bits per heavy atom. The number of hydrogen-bond acceptors (Lipinski definition) is 12. The van der Waals surface area contributed by atoms with Crippen LogP contribution in [0.1, 0.15) is 122 Å². The number of rotatable bonds is 8. The predicted octanol–water partition coefficient (Wildman–Crippen LogP) is 6.16. The van der Waals surface area contributed by atoms with Crippen molar-refractivity contribution in [1.29, 1.82) is 0 Å². The Balaban J connectivity index is 2.43. The first-order valence-electron chi connectivity index (χ1n) is 17.5. The highest BCUT2D eigenvalue weighted by Crippen LogP contribution is 2.39. The first kappa shape index (κ1) is 43.2. The van der Waals surface area contributed by atoms with E-state index in [1.807, 2.05) is 0 Å². The van der Waals surface area contributed by atoms with Crippen LogP contribution in [0.5, 0.6) is 0 Å². The lowest BCUT2D eigenvalue weighted by molar-refractivity contribution is -0.275. The number of ether oxygens (including phenoxy) is 5. The zero-order chi connectivity index (χ0) is 40.4. The van der Waals surface area contributed by atoms with Gasteiger partial charge in [0.25, 0.3) is 5.91 Å². The molecule has 2 heterocycles. The largest absolute Gasteiger partial charge is 0.462 e. The van der Waals surface area contributed by atoms with Gasteiger partial charge in [-0.05, 0) is 102 Å². The summed E-state index contributed by atoms with van der Waals surface area (Å²) >= 11 is 0.921. The smallest absolute Gasteiger partial charge is 0.311 e. The number of amides is 1. The average Bonchev–Trinajstić information content (AvgIpc) is 3.35. The van der Waals surface area contributed by atoms with Gasteiger partial charge in [-0.25, -0.2) is 0 Å². The summed E-state index contributed by atoms with van der Waals surface area (Å²) in [4.78, 5) is 85.1. The van der Waals surface area contributed by atoms with Gasteiger partial charge in [0.1, 0.15) is 12.7 Å². The van der Waals surface area contributed by atoms with E-state index >= 15 is 0 Å². The Morgan fingerprint density at radius 3 is 1.60 bits per heavy atom. The standard InChI is InChI=1S/C39H54N2O11S/c1-21-28(22(2)42)53-35(40-29(43)23-18-16-15-17-19-23)41(21)30-27(52-34(47)39(12,13)14)26(51-33(46)38(9,10)11)25(50-32(45)37(6,7)8)24(49-30)20-48-31(44)36(3,4)5/h15-19,24-27,30H,20H2,1-14H3/t24-,25-,26+,27-,30-/m1/s1. The molecule has 14 heteroatoms. The van der Waals surface area contributed by atoms with E-state index in [9.17, 15) is 28.8 Å². The molecule has 1 aromatic carbocycles. The Labute approximate surface area is 315 Å². The topological polar surface area (TPSA) is 166 Å². The van der Waals surface area contributed by atoms with Crippen LogP contribution in [0.15, 0.2) is 35.3 Å². The average molecular weight is 759 g/mol. The normalized spacial score (nSPS) is 21.4. The number of nitrogens with zero attached hydrogens (tertiary/aromatic N) is 2. The van der Waals surface area contributed by atoms with E-state index in [0.29, 0.717) is 5.69 Å². The van der Waals surface area contributed by atoms with Gasteiger partial charge in [0.2, 0.25) is 0 Å². The molecular formula is C39H54N2O11S. The zero-order valence-corrected chi connectivity index (χ0v) is 34.1. The van der Waals surface area contributed by atoms with Crippen molar-refractivity contribution in [3.63, 3.8) is 0 Å². The summed E-state index contributed by atoms with van der Waals surface area (Å²) in [5.74, 6) is -3.69. The monoisotopic (exact) mass is 758 g/mol. The number of aromatic nitrogens is 1. The van der Waals surface area contributed by atoms with Gasteiger partial charge < -0.3 is 23.7 Å². The van der Waals surface area contributed by atoms with Gasteiger partial charge in [0, 0.05) is 18.2 Å². The number of ketones is 1. The molecule has 0 bridgehead atoms. The maximum Gasteiger partial charge on any atom is 0.311 e. The molecule has 0 spiro atoms. The molecule has 0 radical (unpaired) electrons. The molecule has 2 aromatic rings. The summed E-state index contributed by atoms with van der Waals surface area (Å²) in [7, 11) is 0. The molecule has 1 saturated heterocycles. The van der Waals surface area contributed by atoms with Gasteiger partial charge in [0.05, 0.1) is 26.5 Å². The van der Waals surface area contributed by atoms with Gasteiger partial charge in [-0.3, -0.25) is 33.3 Å². The molecule has 1 aliphatic rings. The Morgan fingerprint density at radius 1 is 0.698 bits per heavy atom. The minimum absolute atomic E-state index is 0.0137. The summed E-state index contributed by atoms with van der Waals surface area (Å²) < 4.78 is 32.2. The molecule has 1 amide bonds. The van der Waals surface area contributed by atoms with Crippen LogP contribution >= 0.6 is 11.3 Å². The van der Waals surface area contributed by atoms with E-state index in [1.54, 1.807) is 120 Å². The van der Waals surface area contributed by atoms with Crippen LogP contribution in [-0.4, -0.2) is 71.2 Å². The van der Waals surface area contributed by atoms with Crippen molar-refractivity contribution in [3.05, 3.63) is 51.3 Å². The van der Waals surface area contributed by atoms with Crippen molar-refractivity contribution in [2.75, 3.05) is 6.61 Å². The quantitative estimate of drug-likeness (QED) is 0.172. The molecule has 1 aliphatic heterocycles. The fraction of sp³-hybridized carbons (Fsp3) is 0.615.